The van der Waals surface area contributed by atoms with Crippen molar-refractivity contribution in [2.45, 2.75) is 6.42 Å². The van der Waals surface area contributed by atoms with E-state index in [0.717, 1.165) is 43.9 Å². The molecule has 0 aromatic heterocycles. The smallest absolute Gasteiger partial charge is 0.193 e. The van der Waals surface area contributed by atoms with Gasteiger partial charge in [0.2, 0.25) is 0 Å². The van der Waals surface area contributed by atoms with Crippen LogP contribution in [0.2, 0.25) is 0 Å². The zero-order valence-electron chi connectivity index (χ0n) is 15.3. The number of phenolic OH excluding ortho intramolecular Hbond substituents is 1. The number of anilines is 1. The van der Waals surface area contributed by atoms with Crippen LogP contribution in [0.4, 0.5) is 14.5 Å². The lowest BCUT2D eigenvalue weighted by atomic mass is 10.1. The number of benzene rings is 2. The summed E-state index contributed by atoms with van der Waals surface area (Å²) in [4.78, 5) is 8.60. The highest BCUT2D eigenvalue weighted by Gasteiger charge is 2.21. The highest BCUT2D eigenvalue weighted by Crippen LogP contribution is 2.27. The third-order valence-electron chi connectivity index (χ3n) is 4.63. The number of nitrogens with zero attached hydrogens (tertiary/aromatic N) is 3. The third-order valence-corrected chi connectivity index (χ3v) is 4.63. The fourth-order valence-corrected chi connectivity index (χ4v) is 3.30. The van der Waals surface area contributed by atoms with Crippen molar-refractivity contribution in [3.05, 3.63) is 59.7 Å². The van der Waals surface area contributed by atoms with Gasteiger partial charge in [0, 0.05) is 45.8 Å². The summed E-state index contributed by atoms with van der Waals surface area (Å²) in [7, 11) is 1.72. The molecule has 2 aromatic carbocycles. The molecule has 2 aromatic rings. The second kappa shape index (κ2) is 8.70. The molecule has 0 aliphatic carbocycles. The van der Waals surface area contributed by atoms with Gasteiger partial charge in [0.25, 0.3) is 0 Å². The van der Waals surface area contributed by atoms with Crippen LogP contribution in [0.25, 0.3) is 0 Å². The molecule has 0 atom stereocenters. The Bertz CT molecular complexity index is 784. The van der Waals surface area contributed by atoms with Crippen molar-refractivity contribution in [1.82, 2.24) is 10.2 Å². The second-order valence-electron chi connectivity index (χ2n) is 6.46. The standard InChI is InChI=1S/C20H24F2N4O/c1-23-20(24-7-6-15-12-16(21)14-17(22)13-15)26-10-8-25(9-11-26)18-4-2-3-5-19(18)27/h2-5,12-14,27H,6-11H2,1H3,(H,23,24). The van der Waals surface area contributed by atoms with E-state index in [1.54, 1.807) is 13.1 Å². The monoisotopic (exact) mass is 374 g/mol. The predicted molar refractivity (Wildman–Crippen MR) is 103 cm³/mol. The molecule has 1 aliphatic rings. The van der Waals surface area contributed by atoms with E-state index in [1.165, 1.54) is 12.1 Å². The van der Waals surface area contributed by atoms with Gasteiger partial charge >= 0.3 is 0 Å². The summed E-state index contributed by atoms with van der Waals surface area (Å²) in [5.41, 5.74) is 1.45. The zero-order valence-corrected chi connectivity index (χ0v) is 15.3. The first kappa shape index (κ1) is 18.9. The highest BCUT2D eigenvalue weighted by molar-refractivity contribution is 5.80. The van der Waals surface area contributed by atoms with E-state index in [0.29, 0.717) is 18.5 Å². The molecule has 0 radical (unpaired) electrons. The van der Waals surface area contributed by atoms with Crippen LogP contribution in [-0.2, 0) is 6.42 Å². The quantitative estimate of drug-likeness (QED) is 0.638. The molecule has 5 nitrogen and oxygen atoms in total. The summed E-state index contributed by atoms with van der Waals surface area (Å²) in [6.45, 7) is 3.61. The number of phenols is 1. The summed E-state index contributed by atoms with van der Waals surface area (Å²) in [6.07, 6.45) is 0.506. The molecule has 144 valence electrons. The van der Waals surface area contributed by atoms with Crippen molar-refractivity contribution in [2.75, 3.05) is 44.7 Å². The molecule has 0 bridgehead atoms. The lowest BCUT2D eigenvalue weighted by Crippen LogP contribution is -2.52. The molecule has 0 spiro atoms. The molecular formula is C20H24F2N4O. The fraction of sp³-hybridized carbons (Fsp3) is 0.350. The summed E-state index contributed by atoms with van der Waals surface area (Å²) < 4.78 is 26.5. The Hall–Kier alpha value is -2.83. The van der Waals surface area contributed by atoms with Gasteiger partial charge in [0.05, 0.1) is 5.69 Å². The van der Waals surface area contributed by atoms with Crippen LogP contribution in [0.1, 0.15) is 5.56 Å². The first-order valence-electron chi connectivity index (χ1n) is 9.00. The van der Waals surface area contributed by atoms with Gasteiger partial charge in [-0.3, -0.25) is 4.99 Å². The van der Waals surface area contributed by atoms with E-state index in [2.05, 4.69) is 20.1 Å². The Morgan fingerprint density at radius 2 is 1.74 bits per heavy atom. The Morgan fingerprint density at radius 1 is 1.07 bits per heavy atom. The normalized spacial score (nSPS) is 15.1. The highest BCUT2D eigenvalue weighted by atomic mass is 19.1. The van der Waals surface area contributed by atoms with Crippen molar-refractivity contribution < 1.29 is 13.9 Å². The number of nitrogens with one attached hydrogen (secondary N) is 1. The Kier molecular flexibility index (Phi) is 6.11. The number of hydrogen-bond acceptors (Lipinski definition) is 3. The topological polar surface area (TPSA) is 51.1 Å². The summed E-state index contributed by atoms with van der Waals surface area (Å²) in [5.74, 6) is -0.0658. The fourth-order valence-electron chi connectivity index (χ4n) is 3.30. The van der Waals surface area contributed by atoms with E-state index < -0.39 is 11.6 Å². The van der Waals surface area contributed by atoms with Crippen LogP contribution in [-0.4, -0.2) is 55.7 Å². The number of guanidine groups is 1. The summed E-state index contributed by atoms with van der Waals surface area (Å²) >= 11 is 0. The van der Waals surface area contributed by atoms with Gasteiger partial charge < -0.3 is 20.2 Å². The van der Waals surface area contributed by atoms with Crippen LogP contribution in [0.15, 0.2) is 47.5 Å². The van der Waals surface area contributed by atoms with Gasteiger partial charge in [-0.25, -0.2) is 8.78 Å². The van der Waals surface area contributed by atoms with Crippen molar-refractivity contribution >= 4 is 11.6 Å². The first-order valence-corrected chi connectivity index (χ1v) is 9.00. The van der Waals surface area contributed by atoms with Gasteiger partial charge in [-0.15, -0.1) is 0 Å². The molecule has 1 heterocycles. The SMILES string of the molecule is CN=C(NCCc1cc(F)cc(F)c1)N1CCN(c2ccccc2O)CC1. The van der Waals surface area contributed by atoms with Gasteiger partial charge in [-0.05, 0) is 36.2 Å². The molecule has 1 saturated heterocycles. The van der Waals surface area contributed by atoms with Crippen molar-refractivity contribution in [2.24, 2.45) is 4.99 Å². The van der Waals surface area contributed by atoms with Gasteiger partial charge in [-0.2, -0.15) is 0 Å². The van der Waals surface area contributed by atoms with Gasteiger partial charge in [-0.1, -0.05) is 12.1 Å². The minimum absolute atomic E-state index is 0.288. The van der Waals surface area contributed by atoms with Crippen LogP contribution >= 0.6 is 0 Å². The third kappa shape index (κ3) is 4.87. The minimum atomic E-state index is -0.560. The van der Waals surface area contributed by atoms with E-state index in [1.807, 2.05) is 18.2 Å². The Labute approximate surface area is 157 Å². The molecule has 0 saturated carbocycles. The van der Waals surface area contributed by atoms with Crippen LogP contribution in [0.5, 0.6) is 5.75 Å². The number of piperazine rings is 1. The molecule has 0 unspecified atom stereocenters. The first-order chi connectivity index (χ1) is 13.1. The van der Waals surface area contributed by atoms with E-state index in [-0.39, 0.29) is 5.75 Å². The molecule has 1 aliphatic heterocycles. The maximum Gasteiger partial charge on any atom is 0.193 e. The Morgan fingerprint density at radius 3 is 2.37 bits per heavy atom. The summed E-state index contributed by atoms with van der Waals surface area (Å²) in [5, 5.41) is 13.3. The van der Waals surface area contributed by atoms with E-state index in [4.69, 9.17) is 0 Å². The number of halogens is 2. The lowest BCUT2D eigenvalue weighted by Gasteiger charge is -2.37. The van der Waals surface area contributed by atoms with Crippen molar-refractivity contribution in [1.29, 1.82) is 0 Å². The molecule has 2 N–H and O–H groups in total. The molecule has 3 rings (SSSR count). The summed E-state index contributed by atoms with van der Waals surface area (Å²) in [6, 6.07) is 10.9. The predicted octanol–water partition coefficient (Wildman–Crippen LogP) is 2.61. The molecular weight excluding hydrogens is 350 g/mol. The average Bonchev–Trinajstić information content (AvgIpc) is 2.65. The molecule has 7 heteroatoms. The molecule has 0 amide bonds. The number of para-hydroxylation sites is 2. The zero-order chi connectivity index (χ0) is 19.2. The second-order valence-corrected chi connectivity index (χ2v) is 6.46. The number of hydrogen-bond donors (Lipinski definition) is 2. The van der Waals surface area contributed by atoms with Crippen LogP contribution in [0, 0.1) is 11.6 Å². The molecule has 27 heavy (non-hydrogen) atoms. The Balaban J connectivity index is 1.51. The molecule has 1 fully saturated rings. The number of aromatic hydroxyl groups is 1. The maximum absolute atomic E-state index is 13.3. The van der Waals surface area contributed by atoms with E-state index in [9.17, 15) is 13.9 Å². The van der Waals surface area contributed by atoms with E-state index >= 15 is 0 Å². The number of rotatable bonds is 4. The maximum atomic E-state index is 13.3. The van der Waals surface area contributed by atoms with Gasteiger partial charge in [0.15, 0.2) is 5.96 Å². The number of aliphatic imine (C=N–C) groups is 1. The van der Waals surface area contributed by atoms with Crippen LogP contribution in [0.3, 0.4) is 0 Å². The minimum Gasteiger partial charge on any atom is -0.506 e. The van der Waals surface area contributed by atoms with Crippen LogP contribution < -0.4 is 10.2 Å². The lowest BCUT2D eigenvalue weighted by molar-refractivity contribution is 0.370. The van der Waals surface area contributed by atoms with Crippen molar-refractivity contribution in [3.63, 3.8) is 0 Å². The largest absolute Gasteiger partial charge is 0.506 e. The van der Waals surface area contributed by atoms with Gasteiger partial charge in [0.1, 0.15) is 17.4 Å². The van der Waals surface area contributed by atoms with Crippen molar-refractivity contribution in [3.8, 4) is 5.75 Å². The average molecular weight is 374 g/mol.